The first-order chi connectivity index (χ1) is 17.3. The van der Waals surface area contributed by atoms with Crippen LogP contribution in [0.5, 0.6) is 0 Å². The summed E-state index contributed by atoms with van der Waals surface area (Å²) in [6.45, 7) is 0. The summed E-state index contributed by atoms with van der Waals surface area (Å²) in [4.78, 5) is 5.17. The minimum absolute atomic E-state index is 0.674. The average Bonchev–Trinajstić information content (AvgIpc) is 3.30. The second kappa shape index (κ2) is 7.77. The van der Waals surface area contributed by atoms with Crippen molar-refractivity contribution < 1.29 is 0 Å². The number of benzene rings is 5. The van der Waals surface area contributed by atoms with Gasteiger partial charge < -0.3 is 0 Å². The molecule has 35 heavy (non-hydrogen) atoms. The third-order valence-corrected chi connectivity index (χ3v) is 7.88. The zero-order chi connectivity index (χ0) is 23.4. The summed E-state index contributed by atoms with van der Waals surface area (Å²) in [6, 6.07) is 40.1. The maximum Gasteiger partial charge on any atom is 0.0991 e. The number of hydrogen-bond acceptors (Lipinski definition) is 3. The number of hydrogen-bond donors (Lipinski definition) is 0. The Morgan fingerprint density at radius 2 is 1.29 bits per heavy atom. The van der Waals surface area contributed by atoms with E-state index < -0.39 is 0 Å². The van der Waals surface area contributed by atoms with Gasteiger partial charge in [-0.1, -0.05) is 84.9 Å². The van der Waals surface area contributed by atoms with Crippen LogP contribution in [0.2, 0.25) is 0 Å². The van der Waals surface area contributed by atoms with Crippen molar-refractivity contribution in [3.05, 3.63) is 115 Å². The summed E-state index contributed by atoms with van der Waals surface area (Å²) in [7, 11) is 0. The van der Waals surface area contributed by atoms with E-state index in [2.05, 4.69) is 91.0 Å². The second-order valence-corrected chi connectivity index (χ2v) is 9.76. The van der Waals surface area contributed by atoms with Crippen LogP contribution in [0.15, 0.2) is 109 Å². The number of pyridine rings is 1. The van der Waals surface area contributed by atoms with Gasteiger partial charge in [0.2, 0.25) is 0 Å². The van der Waals surface area contributed by atoms with Gasteiger partial charge in [0, 0.05) is 21.0 Å². The molecule has 0 amide bonds. The summed E-state index contributed by atoms with van der Waals surface area (Å²) in [5, 5.41) is 14.0. The van der Waals surface area contributed by atoms with Crippen LogP contribution in [-0.4, -0.2) is 4.98 Å². The summed E-state index contributed by atoms with van der Waals surface area (Å²) in [5.41, 5.74) is 7.43. The zero-order valence-corrected chi connectivity index (χ0v) is 19.5. The highest BCUT2D eigenvalue weighted by atomic mass is 32.1. The number of thiophene rings is 1. The normalized spacial score (nSPS) is 11.4. The molecule has 0 aliphatic carbocycles. The van der Waals surface area contributed by atoms with E-state index in [4.69, 9.17) is 10.2 Å². The Bertz CT molecular complexity index is 1940. The quantitative estimate of drug-likeness (QED) is 0.240. The van der Waals surface area contributed by atoms with Gasteiger partial charge in [-0.25, -0.2) is 4.98 Å². The molecular formula is C32H18N2S. The van der Waals surface area contributed by atoms with Crippen molar-refractivity contribution in [1.82, 2.24) is 4.98 Å². The van der Waals surface area contributed by atoms with Gasteiger partial charge in [0.15, 0.2) is 0 Å². The van der Waals surface area contributed by atoms with Crippen molar-refractivity contribution in [3.63, 3.8) is 0 Å². The molecule has 0 aliphatic heterocycles. The monoisotopic (exact) mass is 462 g/mol. The van der Waals surface area contributed by atoms with Crippen LogP contribution >= 0.6 is 11.3 Å². The molecule has 0 unspecified atom stereocenters. The lowest BCUT2D eigenvalue weighted by Gasteiger charge is -2.12. The van der Waals surface area contributed by atoms with Crippen molar-refractivity contribution in [3.8, 4) is 28.3 Å². The fourth-order valence-corrected chi connectivity index (χ4v) is 6.22. The molecule has 0 aliphatic rings. The van der Waals surface area contributed by atoms with Gasteiger partial charge >= 0.3 is 0 Å². The molecule has 0 N–H and O–H groups in total. The standard InChI is InChI=1S/C32H18N2S/c33-19-20-9-11-21(12-10-20)22-13-15-24(16-14-22)29-30-25-6-2-1-5-23(25)17-18-27(30)34-31-26-7-3-4-8-28(26)35-32(29)31/h1-18H. The molecule has 2 aromatic heterocycles. The minimum atomic E-state index is 0.674. The summed E-state index contributed by atoms with van der Waals surface area (Å²) >= 11 is 1.82. The number of nitriles is 1. The molecule has 7 rings (SSSR count). The van der Waals surface area contributed by atoms with E-state index in [0.717, 1.165) is 22.2 Å². The van der Waals surface area contributed by atoms with Gasteiger partial charge in [0.1, 0.15) is 0 Å². The molecule has 5 aromatic carbocycles. The van der Waals surface area contributed by atoms with Crippen LogP contribution < -0.4 is 0 Å². The Kier molecular flexibility index (Phi) is 4.42. The predicted molar refractivity (Wildman–Crippen MR) is 148 cm³/mol. The summed E-state index contributed by atoms with van der Waals surface area (Å²) in [6.07, 6.45) is 0. The Hall–Kier alpha value is -4.52. The minimum Gasteiger partial charge on any atom is -0.246 e. The Morgan fingerprint density at radius 1 is 0.629 bits per heavy atom. The van der Waals surface area contributed by atoms with Crippen molar-refractivity contribution >= 4 is 53.3 Å². The number of fused-ring (bicyclic) bond motifs is 6. The van der Waals surface area contributed by atoms with Gasteiger partial charge in [-0.05, 0) is 51.7 Å². The van der Waals surface area contributed by atoms with Crippen molar-refractivity contribution in [2.45, 2.75) is 0 Å². The SMILES string of the molecule is N#Cc1ccc(-c2ccc(-c3c4sc5ccccc5c4nc4ccc5ccccc5c34)cc2)cc1. The largest absolute Gasteiger partial charge is 0.246 e. The summed E-state index contributed by atoms with van der Waals surface area (Å²) < 4.78 is 2.48. The van der Waals surface area contributed by atoms with E-state index in [1.165, 1.54) is 42.1 Å². The van der Waals surface area contributed by atoms with Crippen LogP contribution in [0.3, 0.4) is 0 Å². The highest BCUT2D eigenvalue weighted by molar-refractivity contribution is 7.26. The van der Waals surface area contributed by atoms with E-state index in [-0.39, 0.29) is 0 Å². The van der Waals surface area contributed by atoms with Crippen molar-refractivity contribution in [2.24, 2.45) is 0 Å². The molecule has 0 spiro atoms. The third kappa shape index (κ3) is 3.12. The maximum absolute atomic E-state index is 9.11. The molecule has 7 aromatic rings. The van der Waals surface area contributed by atoms with Crippen LogP contribution in [0.25, 0.3) is 64.2 Å². The molecule has 2 nitrogen and oxygen atoms in total. The van der Waals surface area contributed by atoms with Crippen LogP contribution in [0, 0.1) is 11.3 Å². The smallest absolute Gasteiger partial charge is 0.0991 e. The molecule has 0 saturated carbocycles. The Balaban J connectivity index is 1.54. The number of rotatable bonds is 2. The molecule has 0 bridgehead atoms. The highest BCUT2D eigenvalue weighted by Gasteiger charge is 2.18. The van der Waals surface area contributed by atoms with Crippen molar-refractivity contribution in [2.75, 3.05) is 0 Å². The third-order valence-electron chi connectivity index (χ3n) is 6.71. The molecule has 0 radical (unpaired) electrons. The lowest BCUT2D eigenvalue weighted by Crippen LogP contribution is -1.89. The molecule has 162 valence electrons. The van der Waals surface area contributed by atoms with Gasteiger partial charge in [0.05, 0.1) is 27.4 Å². The van der Waals surface area contributed by atoms with E-state index in [0.29, 0.717) is 5.56 Å². The van der Waals surface area contributed by atoms with Crippen LogP contribution in [0.4, 0.5) is 0 Å². The predicted octanol–water partition coefficient (Wildman–Crippen LogP) is 8.96. The van der Waals surface area contributed by atoms with Gasteiger partial charge in [-0.2, -0.15) is 5.26 Å². The van der Waals surface area contributed by atoms with Gasteiger partial charge in [-0.15, -0.1) is 11.3 Å². The molecular weight excluding hydrogens is 444 g/mol. The van der Waals surface area contributed by atoms with Gasteiger partial charge in [-0.3, -0.25) is 0 Å². The lowest BCUT2D eigenvalue weighted by atomic mass is 9.94. The second-order valence-electron chi connectivity index (χ2n) is 8.71. The van der Waals surface area contributed by atoms with E-state index in [1.54, 1.807) is 0 Å². The van der Waals surface area contributed by atoms with E-state index in [9.17, 15) is 0 Å². The Labute approximate surface area is 206 Å². The number of aromatic nitrogens is 1. The highest BCUT2D eigenvalue weighted by Crippen LogP contribution is 2.44. The average molecular weight is 463 g/mol. The summed E-state index contributed by atoms with van der Waals surface area (Å²) in [5.74, 6) is 0. The fourth-order valence-electron chi connectivity index (χ4n) is 5.00. The topological polar surface area (TPSA) is 36.7 Å². The first-order valence-electron chi connectivity index (χ1n) is 11.5. The van der Waals surface area contributed by atoms with E-state index >= 15 is 0 Å². The number of nitrogens with zero attached hydrogens (tertiary/aromatic N) is 2. The fraction of sp³-hybridized carbons (Fsp3) is 0. The lowest BCUT2D eigenvalue weighted by molar-refractivity contribution is 1.48. The molecule has 0 atom stereocenters. The Morgan fingerprint density at radius 3 is 2.06 bits per heavy atom. The van der Waals surface area contributed by atoms with Crippen molar-refractivity contribution in [1.29, 1.82) is 5.26 Å². The molecule has 0 fully saturated rings. The molecule has 3 heteroatoms. The first kappa shape index (κ1) is 19.9. The van der Waals surface area contributed by atoms with Crippen LogP contribution in [0.1, 0.15) is 5.56 Å². The maximum atomic E-state index is 9.11. The first-order valence-corrected chi connectivity index (χ1v) is 12.4. The molecule has 2 heterocycles. The van der Waals surface area contributed by atoms with E-state index in [1.807, 2.05) is 35.6 Å². The molecule has 0 saturated heterocycles. The van der Waals surface area contributed by atoms with Crippen LogP contribution in [-0.2, 0) is 0 Å². The van der Waals surface area contributed by atoms with Gasteiger partial charge in [0.25, 0.3) is 0 Å². The zero-order valence-electron chi connectivity index (χ0n) is 18.7.